The molecule has 0 saturated carbocycles. The van der Waals surface area contributed by atoms with Crippen LogP contribution in [-0.4, -0.2) is 9.91 Å². The Labute approximate surface area is 67.5 Å². The van der Waals surface area contributed by atoms with E-state index in [9.17, 15) is 14.5 Å². The molecule has 0 amide bonds. The summed E-state index contributed by atoms with van der Waals surface area (Å²) in [5.74, 6) is -0.465. The van der Waals surface area contributed by atoms with Gasteiger partial charge in [0, 0.05) is 12.3 Å². The van der Waals surface area contributed by atoms with E-state index < -0.39 is 10.7 Å². The summed E-state index contributed by atoms with van der Waals surface area (Å²) in [4.78, 5) is 12.9. The molecule has 4 nitrogen and oxygen atoms in total. The number of nitrogens with zero attached hydrogens (tertiary/aromatic N) is 2. The molecule has 0 N–H and O–H groups in total. The minimum absolute atomic E-state index is 0.228. The molecule has 0 bridgehead atoms. The second kappa shape index (κ2) is 3.56. The van der Waals surface area contributed by atoms with Crippen molar-refractivity contribution in [1.82, 2.24) is 4.98 Å². The Balaban J connectivity index is 2.83. The first-order valence-corrected chi connectivity index (χ1v) is 3.12. The molecular weight excluding hydrogens is 163 g/mol. The predicted octanol–water partition coefficient (Wildman–Crippen LogP) is 1.47. The molecule has 0 radical (unpaired) electrons. The lowest BCUT2D eigenvalue weighted by molar-refractivity contribution is -0.401. The molecule has 0 aliphatic rings. The van der Waals surface area contributed by atoms with Gasteiger partial charge in [0.15, 0.2) is 0 Å². The highest BCUT2D eigenvalue weighted by Crippen LogP contribution is 2.00. The van der Waals surface area contributed by atoms with E-state index in [1.54, 1.807) is 0 Å². The Bertz CT molecular complexity index is 325. The van der Waals surface area contributed by atoms with Gasteiger partial charge < -0.3 is 0 Å². The van der Waals surface area contributed by atoms with Crippen LogP contribution in [0, 0.1) is 15.9 Å². The molecule has 0 fully saturated rings. The predicted molar refractivity (Wildman–Crippen MR) is 40.2 cm³/mol. The highest BCUT2D eigenvalue weighted by Gasteiger charge is 1.93. The van der Waals surface area contributed by atoms with Crippen molar-refractivity contribution < 1.29 is 9.31 Å². The molecule has 0 aromatic carbocycles. The van der Waals surface area contributed by atoms with Gasteiger partial charge in [0.2, 0.25) is 6.20 Å². The van der Waals surface area contributed by atoms with Gasteiger partial charge in [-0.3, -0.25) is 15.1 Å². The highest BCUT2D eigenvalue weighted by molar-refractivity contribution is 5.42. The van der Waals surface area contributed by atoms with E-state index in [-0.39, 0.29) is 5.69 Å². The van der Waals surface area contributed by atoms with Crippen LogP contribution in [0.15, 0.2) is 24.5 Å². The van der Waals surface area contributed by atoms with Gasteiger partial charge in [-0.15, -0.1) is 0 Å². The summed E-state index contributed by atoms with van der Waals surface area (Å²) < 4.78 is 12.4. The summed E-state index contributed by atoms with van der Waals surface area (Å²) in [6.45, 7) is 0. The van der Waals surface area contributed by atoms with Crippen molar-refractivity contribution in [2.24, 2.45) is 0 Å². The zero-order valence-electron chi connectivity index (χ0n) is 5.98. The number of halogens is 1. The maximum atomic E-state index is 12.4. The van der Waals surface area contributed by atoms with Gasteiger partial charge in [-0.1, -0.05) is 0 Å². The molecule has 0 aliphatic carbocycles. The minimum Gasteiger partial charge on any atom is -0.259 e. The van der Waals surface area contributed by atoms with Crippen molar-refractivity contribution in [3.05, 3.63) is 46.2 Å². The Hall–Kier alpha value is -1.78. The summed E-state index contributed by atoms with van der Waals surface area (Å²) in [5, 5.41) is 9.85. The summed E-state index contributed by atoms with van der Waals surface area (Å²) in [6, 6.07) is 2.28. The third kappa shape index (κ3) is 2.45. The topological polar surface area (TPSA) is 56.0 Å². The van der Waals surface area contributed by atoms with Crippen molar-refractivity contribution in [1.29, 1.82) is 0 Å². The van der Waals surface area contributed by atoms with Gasteiger partial charge in [-0.25, -0.2) is 4.39 Å². The molecular formula is C7H5FN2O2. The molecule has 0 aliphatic heterocycles. The second-order valence-corrected chi connectivity index (χ2v) is 2.00. The van der Waals surface area contributed by atoms with Gasteiger partial charge in [0.05, 0.1) is 10.6 Å². The zero-order valence-corrected chi connectivity index (χ0v) is 5.98. The number of nitro groups is 1. The van der Waals surface area contributed by atoms with E-state index in [1.165, 1.54) is 12.3 Å². The SMILES string of the molecule is O=[N+]([O-])/C=C/c1cc(F)ccn1. The molecule has 12 heavy (non-hydrogen) atoms. The van der Waals surface area contributed by atoms with Gasteiger partial charge >= 0.3 is 0 Å². The molecule has 0 unspecified atom stereocenters. The summed E-state index contributed by atoms with van der Waals surface area (Å²) in [5.41, 5.74) is 0.228. The molecule has 0 spiro atoms. The molecule has 1 rings (SSSR count). The van der Waals surface area contributed by atoms with E-state index in [1.807, 2.05) is 0 Å². The fourth-order valence-electron chi connectivity index (χ4n) is 0.650. The molecule has 0 atom stereocenters. The normalized spacial score (nSPS) is 10.4. The number of aromatic nitrogens is 1. The van der Waals surface area contributed by atoms with Crippen LogP contribution in [0.3, 0.4) is 0 Å². The van der Waals surface area contributed by atoms with Gasteiger partial charge in [0.1, 0.15) is 5.82 Å². The quantitative estimate of drug-likeness (QED) is 0.496. The average Bonchev–Trinajstić information content (AvgIpc) is 2.01. The van der Waals surface area contributed by atoms with Crippen LogP contribution in [0.2, 0.25) is 0 Å². The molecule has 1 aromatic rings. The van der Waals surface area contributed by atoms with E-state index >= 15 is 0 Å². The Morgan fingerprint density at radius 1 is 1.67 bits per heavy atom. The third-order valence-electron chi connectivity index (χ3n) is 1.11. The summed E-state index contributed by atoms with van der Waals surface area (Å²) in [6.07, 6.45) is 3.08. The van der Waals surface area contributed by atoms with Crippen molar-refractivity contribution in [2.45, 2.75) is 0 Å². The van der Waals surface area contributed by atoms with Crippen molar-refractivity contribution in [2.75, 3.05) is 0 Å². The van der Waals surface area contributed by atoms with Gasteiger partial charge in [-0.2, -0.15) is 0 Å². The third-order valence-corrected chi connectivity index (χ3v) is 1.11. The number of hydrogen-bond donors (Lipinski definition) is 0. The maximum Gasteiger partial charge on any atom is 0.236 e. The Morgan fingerprint density at radius 2 is 2.42 bits per heavy atom. The second-order valence-electron chi connectivity index (χ2n) is 2.00. The fraction of sp³-hybridized carbons (Fsp3) is 0. The minimum atomic E-state index is -0.632. The van der Waals surface area contributed by atoms with E-state index in [0.29, 0.717) is 6.20 Å². The Morgan fingerprint density at radius 3 is 3.00 bits per heavy atom. The molecule has 1 aromatic heterocycles. The van der Waals surface area contributed by atoms with Crippen molar-refractivity contribution >= 4 is 6.08 Å². The first-order valence-electron chi connectivity index (χ1n) is 3.12. The summed E-state index contributed by atoms with van der Waals surface area (Å²) >= 11 is 0. The molecule has 5 heteroatoms. The number of rotatable bonds is 2. The van der Waals surface area contributed by atoms with Crippen LogP contribution in [0.1, 0.15) is 5.69 Å². The lowest BCUT2D eigenvalue weighted by Crippen LogP contribution is -1.85. The maximum absolute atomic E-state index is 12.4. The zero-order chi connectivity index (χ0) is 8.97. The highest BCUT2D eigenvalue weighted by atomic mass is 19.1. The van der Waals surface area contributed by atoms with Crippen LogP contribution in [0.25, 0.3) is 6.08 Å². The largest absolute Gasteiger partial charge is 0.259 e. The smallest absolute Gasteiger partial charge is 0.236 e. The monoisotopic (exact) mass is 168 g/mol. The van der Waals surface area contributed by atoms with Crippen LogP contribution < -0.4 is 0 Å². The van der Waals surface area contributed by atoms with Crippen LogP contribution in [-0.2, 0) is 0 Å². The van der Waals surface area contributed by atoms with Crippen LogP contribution in [0.4, 0.5) is 4.39 Å². The first kappa shape index (κ1) is 8.32. The van der Waals surface area contributed by atoms with Crippen molar-refractivity contribution in [3.63, 3.8) is 0 Å². The van der Waals surface area contributed by atoms with Crippen molar-refractivity contribution in [3.8, 4) is 0 Å². The lowest BCUT2D eigenvalue weighted by atomic mass is 10.3. The van der Waals surface area contributed by atoms with Gasteiger partial charge in [-0.05, 0) is 12.1 Å². The molecule has 1 heterocycles. The standard InChI is InChI=1S/C7H5FN2O2/c8-6-1-3-9-7(5-6)2-4-10(11)12/h1-5H/b4-2+. The Kier molecular flexibility index (Phi) is 2.47. The molecule has 62 valence electrons. The van der Waals surface area contributed by atoms with E-state index in [4.69, 9.17) is 0 Å². The summed E-state index contributed by atoms with van der Waals surface area (Å²) in [7, 11) is 0. The van der Waals surface area contributed by atoms with E-state index in [2.05, 4.69) is 4.98 Å². The van der Waals surface area contributed by atoms with Crippen LogP contribution >= 0.6 is 0 Å². The molecule has 0 saturated heterocycles. The van der Waals surface area contributed by atoms with E-state index in [0.717, 1.165) is 12.1 Å². The number of hydrogen-bond acceptors (Lipinski definition) is 3. The van der Waals surface area contributed by atoms with Gasteiger partial charge in [0.25, 0.3) is 0 Å². The lowest BCUT2D eigenvalue weighted by Gasteiger charge is -1.89. The average molecular weight is 168 g/mol. The number of pyridine rings is 1. The fourth-order valence-corrected chi connectivity index (χ4v) is 0.650. The first-order chi connectivity index (χ1) is 5.68. The van der Waals surface area contributed by atoms with Crippen LogP contribution in [0.5, 0.6) is 0 Å².